The van der Waals surface area contributed by atoms with E-state index >= 15 is 0 Å². The van der Waals surface area contributed by atoms with Crippen LogP contribution in [0.25, 0.3) is 0 Å². The number of nitrogens with zero attached hydrogens (tertiary/aromatic N) is 1. The minimum Gasteiger partial charge on any atom is -0.478 e. The maximum Gasteiger partial charge on any atom is 0.335 e. The Morgan fingerprint density at radius 2 is 2.22 bits per heavy atom. The smallest absolute Gasteiger partial charge is 0.335 e. The van der Waals surface area contributed by atoms with E-state index in [2.05, 4.69) is 0 Å². The molecule has 1 aliphatic rings. The molecule has 1 fully saturated rings. The highest BCUT2D eigenvalue weighted by Crippen LogP contribution is 2.19. The van der Waals surface area contributed by atoms with E-state index < -0.39 is 15.8 Å². The van der Waals surface area contributed by atoms with Crippen LogP contribution in [0.2, 0.25) is 0 Å². The Morgan fingerprint density at radius 3 is 2.83 bits per heavy atom. The summed E-state index contributed by atoms with van der Waals surface area (Å²) in [6.45, 7) is 1.21. The molecule has 1 atom stereocenters. The maximum atomic E-state index is 11.6. The van der Waals surface area contributed by atoms with Crippen molar-refractivity contribution in [2.75, 3.05) is 38.5 Å². The summed E-state index contributed by atoms with van der Waals surface area (Å²) in [5.41, 5.74) is 0.148. The lowest BCUT2D eigenvalue weighted by Crippen LogP contribution is -2.41. The highest BCUT2D eigenvalue weighted by Gasteiger charge is 2.32. The highest BCUT2D eigenvalue weighted by molar-refractivity contribution is 7.91. The van der Waals surface area contributed by atoms with Crippen LogP contribution in [-0.4, -0.2) is 68.9 Å². The summed E-state index contributed by atoms with van der Waals surface area (Å²) in [6, 6.07) is 6.12. The summed E-state index contributed by atoms with van der Waals surface area (Å²) in [5, 5.41) is 8.98. The highest BCUT2D eigenvalue weighted by atomic mass is 32.2. The van der Waals surface area contributed by atoms with Crippen molar-refractivity contribution in [3.63, 3.8) is 0 Å². The second-order valence-corrected chi connectivity index (χ2v) is 7.70. The number of hydrogen-bond acceptors (Lipinski definition) is 6. The molecular formula is C15H21NO6S. The van der Waals surface area contributed by atoms with Gasteiger partial charge in [-0.2, -0.15) is 0 Å². The van der Waals surface area contributed by atoms with E-state index in [1.807, 2.05) is 4.90 Å². The van der Waals surface area contributed by atoms with Gasteiger partial charge in [0.1, 0.15) is 12.5 Å². The predicted octanol–water partition coefficient (Wildman–Crippen LogP) is 0.857. The quantitative estimate of drug-likeness (QED) is 0.700. The van der Waals surface area contributed by atoms with Gasteiger partial charge >= 0.3 is 5.97 Å². The van der Waals surface area contributed by atoms with Gasteiger partial charge in [-0.05, 0) is 24.6 Å². The number of rotatable bonds is 8. The van der Waals surface area contributed by atoms with Crippen LogP contribution in [0.5, 0.6) is 5.75 Å². The lowest BCUT2D eigenvalue weighted by atomic mass is 10.2. The maximum absolute atomic E-state index is 11.6. The largest absolute Gasteiger partial charge is 0.478 e. The molecule has 0 bridgehead atoms. The molecule has 0 amide bonds. The molecule has 1 aliphatic heterocycles. The summed E-state index contributed by atoms with van der Waals surface area (Å²) in [4.78, 5) is 12.9. The number of methoxy groups -OCH3 is 1. The van der Waals surface area contributed by atoms with Crippen molar-refractivity contribution in [1.82, 2.24) is 4.90 Å². The third-order valence-corrected chi connectivity index (χ3v) is 5.54. The Kier molecular flexibility index (Phi) is 5.97. The first-order chi connectivity index (χ1) is 10.9. The molecule has 0 saturated carbocycles. The molecule has 0 aromatic heterocycles. The molecule has 1 saturated heterocycles. The fraction of sp³-hybridized carbons (Fsp3) is 0.533. The van der Waals surface area contributed by atoms with Crippen LogP contribution in [0.1, 0.15) is 16.8 Å². The molecule has 0 spiro atoms. The molecule has 8 heteroatoms. The fourth-order valence-corrected chi connectivity index (χ4v) is 4.26. The van der Waals surface area contributed by atoms with Crippen LogP contribution >= 0.6 is 0 Å². The van der Waals surface area contributed by atoms with Crippen molar-refractivity contribution in [1.29, 1.82) is 0 Å². The number of benzene rings is 1. The molecule has 0 radical (unpaired) electrons. The molecule has 1 aromatic carbocycles. The van der Waals surface area contributed by atoms with Crippen molar-refractivity contribution in [2.24, 2.45) is 0 Å². The number of carboxylic acid groups (broad SMARTS) is 1. The van der Waals surface area contributed by atoms with Crippen LogP contribution in [0.4, 0.5) is 0 Å². The fourth-order valence-electron chi connectivity index (χ4n) is 2.50. The second-order valence-electron chi connectivity index (χ2n) is 5.47. The van der Waals surface area contributed by atoms with Crippen LogP contribution in [0.15, 0.2) is 24.3 Å². The molecule has 1 N–H and O–H groups in total. The van der Waals surface area contributed by atoms with Gasteiger partial charge in [0.15, 0.2) is 9.84 Å². The molecule has 1 unspecified atom stereocenters. The van der Waals surface area contributed by atoms with Gasteiger partial charge in [-0.1, -0.05) is 6.07 Å². The standard InChI is InChI=1S/C15H21NO6S/c1-21-7-6-16(13-5-8-23(19,20)10-13)11-22-14-4-2-3-12(9-14)15(17)18/h2-4,9,13H,5-8,10-11H2,1H3,(H,17,18). The third-order valence-electron chi connectivity index (χ3n) is 3.79. The Labute approximate surface area is 135 Å². The monoisotopic (exact) mass is 343 g/mol. The molecule has 7 nitrogen and oxygen atoms in total. The van der Waals surface area contributed by atoms with Crippen LogP contribution in [0, 0.1) is 0 Å². The lowest BCUT2D eigenvalue weighted by molar-refractivity contribution is 0.0618. The van der Waals surface area contributed by atoms with E-state index in [9.17, 15) is 13.2 Å². The summed E-state index contributed by atoms with van der Waals surface area (Å²) >= 11 is 0. The van der Waals surface area contributed by atoms with E-state index in [0.29, 0.717) is 25.3 Å². The Morgan fingerprint density at radius 1 is 1.43 bits per heavy atom. The molecule has 0 aliphatic carbocycles. The number of hydrogen-bond donors (Lipinski definition) is 1. The van der Waals surface area contributed by atoms with Crippen LogP contribution < -0.4 is 4.74 Å². The number of sulfone groups is 1. The SMILES string of the molecule is COCCN(COc1cccc(C(=O)O)c1)C1CCS(=O)(=O)C1. The number of ether oxygens (including phenoxy) is 2. The van der Waals surface area contributed by atoms with Crippen LogP contribution in [0.3, 0.4) is 0 Å². The van der Waals surface area contributed by atoms with Crippen LogP contribution in [-0.2, 0) is 14.6 Å². The first-order valence-electron chi connectivity index (χ1n) is 7.31. The van der Waals surface area contributed by atoms with E-state index in [1.165, 1.54) is 12.1 Å². The van der Waals surface area contributed by atoms with Crippen molar-refractivity contribution >= 4 is 15.8 Å². The van der Waals surface area contributed by atoms with Gasteiger partial charge < -0.3 is 14.6 Å². The zero-order valence-corrected chi connectivity index (χ0v) is 13.8. The summed E-state index contributed by atoms with van der Waals surface area (Å²) in [7, 11) is -1.40. The molecule has 1 aromatic rings. The van der Waals surface area contributed by atoms with E-state index in [-0.39, 0.29) is 29.8 Å². The zero-order chi connectivity index (χ0) is 16.9. The summed E-state index contributed by atoms with van der Waals surface area (Å²) in [6.07, 6.45) is 0.574. The molecular weight excluding hydrogens is 322 g/mol. The van der Waals surface area contributed by atoms with Crippen molar-refractivity contribution in [3.05, 3.63) is 29.8 Å². The number of carboxylic acids is 1. The second kappa shape index (κ2) is 7.76. The first kappa shape index (κ1) is 17.7. The lowest BCUT2D eigenvalue weighted by Gasteiger charge is -2.27. The molecule has 2 rings (SSSR count). The van der Waals surface area contributed by atoms with Gasteiger partial charge in [0, 0.05) is 19.7 Å². The van der Waals surface area contributed by atoms with E-state index in [4.69, 9.17) is 14.6 Å². The van der Waals surface area contributed by atoms with Gasteiger partial charge in [-0.3, -0.25) is 4.90 Å². The van der Waals surface area contributed by atoms with Gasteiger partial charge in [-0.25, -0.2) is 13.2 Å². The summed E-state index contributed by atoms with van der Waals surface area (Å²) < 4.78 is 34.0. The van der Waals surface area contributed by atoms with Crippen molar-refractivity contribution < 1.29 is 27.8 Å². The Balaban J connectivity index is 2.00. The summed E-state index contributed by atoms with van der Waals surface area (Å²) in [5.74, 6) is -0.271. The number of carbonyl (C=O) groups is 1. The predicted molar refractivity (Wildman–Crippen MR) is 84.5 cm³/mol. The zero-order valence-electron chi connectivity index (χ0n) is 13.0. The first-order valence-corrected chi connectivity index (χ1v) is 9.13. The number of aromatic carboxylic acids is 1. The van der Waals surface area contributed by atoms with Gasteiger partial charge in [-0.15, -0.1) is 0 Å². The van der Waals surface area contributed by atoms with Crippen molar-refractivity contribution in [2.45, 2.75) is 12.5 Å². The third kappa shape index (κ3) is 5.19. The minimum atomic E-state index is -2.98. The van der Waals surface area contributed by atoms with E-state index in [0.717, 1.165) is 0 Å². The normalized spacial score (nSPS) is 19.8. The van der Waals surface area contributed by atoms with Gasteiger partial charge in [0.25, 0.3) is 0 Å². The average Bonchev–Trinajstić information content (AvgIpc) is 2.87. The molecule has 1 heterocycles. The van der Waals surface area contributed by atoms with E-state index in [1.54, 1.807) is 19.2 Å². The molecule has 23 heavy (non-hydrogen) atoms. The van der Waals surface area contributed by atoms with Gasteiger partial charge in [0.2, 0.25) is 0 Å². The van der Waals surface area contributed by atoms with Gasteiger partial charge in [0.05, 0.1) is 23.7 Å². The van der Waals surface area contributed by atoms with Crippen molar-refractivity contribution in [3.8, 4) is 5.75 Å². The topological polar surface area (TPSA) is 93.1 Å². The Hall–Kier alpha value is -1.64. The average molecular weight is 343 g/mol. The Bertz CT molecular complexity index is 645. The minimum absolute atomic E-state index is 0.0993. The molecule has 128 valence electrons.